The Balaban J connectivity index is 1.96. The number of benzene rings is 2. The summed E-state index contributed by atoms with van der Waals surface area (Å²) in [4.78, 5) is 10.7. The molecule has 1 unspecified atom stereocenters. The highest BCUT2D eigenvalue weighted by Crippen LogP contribution is 2.24. The molecular formula is C19H22O4. The normalized spacial score (nSPS) is 11.9. The van der Waals surface area contributed by atoms with E-state index in [4.69, 9.17) is 14.6 Å². The molecule has 1 N–H and O–H groups in total. The van der Waals surface area contributed by atoms with Gasteiger partial charge in [0.1, 0.15) is 5.75 Å². The van der Waals surface area contributed by atoms with Gasteiger partial charge < -0.3 is 14.6 Å². The predicted octanol–water partition coefficient (Wildman–Crippen LogP) is 4.84. The molecule has 0 saturated carbocycles. The molecular weight excluding hydrogens is 292 g/mol. The lowest BCUT2D eigenvalue weighted by Gasteiger charge is -2.18. The molecule has 2 aromatic carbocycles. The summed E-state index contributed by atoms with van der Waals surface area (Å²) in [6.07, 6.45) is 1.37. The molecule has 2 aromatic rings. The highest BCUT2D eigenvalue weighted by atomic mass is 16.7. The second kappa shape index (κ2) is 8.96. The Morgan fingerprint density at radius 1 is 1.09 bits per heavy atom. The Morgan fingerprint density at radius 2 is 1.78 bits per heavy atom. The Bertz CT molecular complexity index is 610. The van der Waals surface area contributed by atoms with E-state index in [0.29, 0.717) is 18.8 Å². The van der Waals surface area contributed by atoms with Crippen LogP contribution in [0.25, 0.3) is 0 Å². The number of hydrogen-bond acceptors (Lipinski definition) is 3. The minimum atomic E-state index is -1.30. The van der Waals surface area contributed by atoms with Crippen LogP contribution >= 0.6 is 0 Å². The molecule has 0 amide bonds. The van der Waals surface area contributed by atoms with Crippen molar-refractivity contribution in [2.75, 3.05) is 6.61 Å². The molecule has 0 fully saturated rings. The fourth-order valence-corrected chi connectivity index (χ4v) is 2.49. The molecule has 0 aliphatic carbocycles. The summed E-state index contributed by atoms with van der Waals surface area (Å²) in [6.45, 7) is 2.65. The van der Waals surface area contributed by atoms with E-state index >= 15 is 0 Å². The Morgan fingerprint density at radius 3 is 2.48 bits per heavy atom. The minimum absolute atomic E-state index is 0.0637. The van der Waals surface area contributed by atoms with Gasteiger partial charge in [-0.25, -0.2) is 4.79 Å². The maximum atomic E-state index is 10.7. The first-order valence-corrected chi connectivity index (χ1v) is 7.86. The smallest absolute Gasteiger partial charge is 0.449 e. The molecule has 0 radical (unpaired) electrons. The van der Waals surface area contributed by atoms with Crippen molar-refractivity contribution in [2.24, 2.45) is 0 Å². The molecule has 1 atom stereocenters. The van der Waals surface area contributed by atoms with Crippen molar-refractivity contribution in [1.82, 2.24) is 0 Å². The van der Waals surface area contributed by atoms with Crippen LogP contribution in [0.5, 0.6) is 5.75 Å². The lowest BCUT2D eigenvalue weighted by Crippen LogP contribution is -2.09. The molecule has 122 valence electrons. The van der Waals surface area contributed by atoms with Crippen LogP contribution in [0, 0.1) is 0 Å². The van der Waals surface area contributed by atoms with Crippen molar-refractivity contribution >= 4 is 6.16 Å². The fraction of sp³-hybridized carbons (Fsp3) is 0.316. The summed E-state index contributed by atoms with van der Waals surface area (Å²) in [7, 11) is 0. The van der Waals surface area contributed by atoms with Gasteiger partial charge in [-0.1, -0.05) is 61.9 Å². The largest absolute Gasteiger partial charge is 0.511 e. The molecule has 0 spiro atoms. The van der Waals surface area contributed by atoms with Crippen LogP contribution in [-0.2, 0) is 11.2 Å². The van der Waals surface area contributed by atoms with Crippen LogP contribution in [0.2, 0.25) is 0 Å². The van der Waals surface area contributed by atoms with Crippen molar-refractivity contribution in [3.05, 3.63) is 65.7 Å². The Labute approximate surface area is 136 Å². The predicted molar refractivity (Wildman–Crippen MR) is 88.8 cm³/mol. The fourth-order valence-electron chi connectivity index (χ4n) is 2.49. The topological polar surface area (TPSA) is 55.8 Å². The molecule has 0 bridgehead atoms. The average molecular weight is 314 g/mol. The first kappa shape index (κ1) is 17.0. The number of para-hydroxylation sites is 1. The van der Waals surface area contributed by atoms with E-state index in [1.807, 2.05) is 30.3 Å². The maximum absolute atomic E-state index is 10.7. The minimum Gasteiger partial charge on any atom is -0.449 e. The molecule has 4 heteroatoms. The second-order valence-corrected chi connectivity index (χ2v) is 5.28. The summed E-state index contributed by atoms with van der Waals surface area (Å²) in [6, 6.07) is 17.3. The Kier molecular flexibility index (Phi) is 6.63. The van der Waals surface area contributed by atoms with Crippen molar-refractivity contribution in [3.8, 4) is 5.75 Å². The standard InChI is InChI=1S/C19H22O4/c1-2-8-17(15-9-4-3-5-10-15)22-14-13-16-11-6-7-12-18(16)23-19(20)21/h3-7,9-12,17H,2,8,13-14H2,1H3,(H,20,21). The van der Waals surface area contributed by atoms with E-state index in [2.05, 4.69) is 19.1 Å². The van der Waals surface area contributed by atoms with Crippen LogP contribution < -0.4 is 4.74 Å². The summed E-state index contributed by atoms with van der Waals surface area (Å²) in [5, 5.41) is 8.77. The van der Waals surface area contributed by atoms with E-state index in [0.717, 1.165) is 18.4 Å². The molecule has 2 rings (SSSR count). The van der Waals surface area contributed by atoms with E-state index in [1.165, 1.54) is 5.56 Å². The molecule has 0 aliphatic heterocycles. The SMILES string of the molecule is CCCC(OCCc1ccccc1OC(=O)O)c1ccccc1. The zero-order chi connectivity index (χ0) is 16.5. The van der Waals surface area contributed by atoms with Gasteiger partial charge in [0, 0.05) is 0 Å². The molecule has 0 saturated heterocycles. The number of hydrogen-bond donors (Lipinski definition) is 1. The van der Waals surface area contributed by atoms with E-state index in [-0.39, 0.29) is 6.10 Å². The summed E-state index contributed by atoms with van der Waals surface area (Å²) in [5.74, 6) is 0.371. The molecule has 0 heterocycles. The van der Waals surface area contributed by atoms with Crippen LogP contribution in [0.4, 0.5) is 4.79 Å². The van der Waals surface area contributed by atoms with Gasteiger partial charge in [-0.3, -0.25) is 0 Å². The van der Waals surface area contributed by atoms with Crippen LogP contribution in [0.15, 0.2) is 54.6 Å². The lowest BCUT2D eigenvalue weighted by atomic mass is 10.1. The zero-order valence-corrected chi connectivity index (χ0v) is 13.3. The quantitative estimate of drug-likeness (QED) is 0.559. The van der Waals surface area contributed by atoms with E-state index in [9.17, 15) is 4.79 Å². The summed E-state index contributed by atoms with van der Waals surface area (Å²) < 4.78 is 10.8. The van der Waals surface area contributed by atoms with Crippen molar-refractivity contribution in [1.29, 1.82) is 0 Å². The molecule has 0 aliphatic rings. The number of carboxylic acid groups (broad SMARTS) is 1. The molecule has 0 aromatic heterocycles. The summed E-state index contributed by atoms with van der Waals surface area (Å²) in [5.41, 5.74) is 2.00. The number of carbonyl (C=O) groups is 1. The third-order valence-electron chi connectivity index (χ3n) is 3.58. The van der Waals surface area contributed by atoms with Gasteiger partial charge in [-0.05, 0) is 30.0 Å². The van der Waals surface area contributed by atoms with Gasteiger partial charge in [-0.2, -0.15) is 0 Å². The third-order valence-corrected chi connectivity index (χ3v) is 3.58. The van der Waals surface area contributed by atoms with E-state index < -0.39 is 6.16 Å². The van der Waals surface area contributed by atoms with Gasteiger partial charge >= 0.3 is 6.16 Å². The highest BCUT2D eigenvalue weighted by molar-refractivity contribution is 5.62. The first-order valence-electron chi connectivity index (χ1n) is 7.86. The Hall–Kier alpha value is -2.33. The van der Waals surface area contributed by atoms with Crippen LogP contribution in [0.3, 0.4) is 0 Å². The third kappa shape index (κ3) is 5.42. The second-order valence-electron chi connectivity index (χ2n) is 5.28. The maximum Gasteiger partial charge on any atom is 0.511 e. The molecule has 23 heavy (non-hydrogen) atoms. The highest BCUT2D eigenvalue weighted by Gasteiger charge is 2.12. The van der Waals surface area contributed by atoms with Gasteiger partial charge in [0.05, 0.1) is 12.7 Å². The van der Waals surface area contributed by atoms with Gasteiger partial charge in [-0.15, -0.1) is 0 Å². The number of ether oxygens (including phenoxy) is 2. The van der Waals surface area contributed by atoms with Gasteiger partial charge in [0.2, 0.25) is 0 Å². The average Bonchev–Trinajstić information content (AvgIpc) is 2.56. The lowest BCUT2D eigenvalue weighted by molar-refractivity contribution is 0.0479. The van der Waals surface area contributed by atoms with Crippen LogP contribution in [-0.4, -0.2) is 17.9 Å². The van der Waals surface area contributed by atoms with Crippen molar-refractivity contribution in [2.45, 2.75) is 32.3 Å². The van der Waals surface area contributed by atoms with Gasteiger partial charge in [0.15, 0.2) is 0 Å². The van der Waals surface area contributed by atoms with Crippen molar-refractivity contribution in [3.63, 3.8) is 0 Å². The summed E-state index contributed by atoms with van der Waals surface area (Å²) >= 11 is 0. The number of rotatable bonds is 8. The monoisotopic (exact) mass is 314 g/mol. The van der Waals surface area contributed by atoms with Gasteiger partial charge in [0.25, 0.3) is 0 Å². The van der Waals surface area contributed by atoms with Crippen LogP contribution in [0.1, 0.15) is 37.0 Å². The van der Waals surface area contributed by atoms with Crippen molar-refractivity contribution < 1.29 is 19.4 Å². The molecule has 4 nitrogen and oxygen atoms in total. The van der Waals surface area contributed by atoms with E-state index in [1.54, 1.807) is 12.1 Å². The zero-order valence-electron chi connectivity index (χ0n) is 13.3. The first-order chi connectivity index (χ1) is 11.2.